The lowest BCUT2D eigenvalue weighted by molar-refractivity contribution is 0.493. The quantitative estimate of drug-likeness (QED) is 0.501. The molecule has 0 aromatic heterocycles. The predicted molar refractivity (Wildman–Crippen MR) is 109 cm³/mol. The van der Waals surface area contributed by atoms with Gasteiger partial charge in [0.15, 0.2) is 0 Å². The first-order valence-electron chi connectivity index (χ1n) is 8.48. The van der Waals surface area contributed by atoms with Gasteiger partial charge in [0.1, 0.15) is 5.75 Å². The summed E-state index contributed by atoms with van der Waals surface area (Å²) in [7, 11) is -3.44. The summed E-state index contributed by atoms with van der Waals surface area (Å²) in [4.78, 5) is 0. The number of nitrogens with one attached hydrogen (secondary N) is 2. The number of anilines is 2. The van der Waals surface area contributed by atoms with E-state index in [0.717, 1.165) is 28.1 Å². The Morgan fingerprint density at radius 3 is 1.62 bits per heavy atom. The van der Waals surface area contributed by atoms with Crippen LogP contribution in [0.1, 0.15) is 16.7 Å². The second-order valence-electron chi connectivity index (χ2n) is 6.42. The third-order valence-corrected chi connectivity index (χ3v) is 5.39. The van der Waals surface area contributed by atoms with Crippen LogP contribution >= 0.6 is 7.67 Å². The van der Waals surface area contributed by atoms with Crippen molar-refractivity contribution in [1.29, 1.82) is 0 Å². The second-order valence-corrected chi connectivity index (χ2v) is 8.15. The van der Waals surface area contributed by atoms with E-state index in [4.69, 9.17) is 4.52 Å². The fourth-order valence-electron chi connectivity index (χ4n) is 2.66. The molecule has 3 aromatic carbocycles. The summed E-state index contributed by atoms with van der Waals surface area (Å²) in [6.45, 7) is 5.96. The molecule has 0 amide bonds. The van der Waals surface area contributed by atoms with E-state index in [2.05, 4.69) is 10.2 Å². The molecule has 0 fully saturated rings. The average molecular weight is 366 g/mol. The van der Waals surface area contributed by atoms with E-state index in [1.54, 1.807) is 6.07 Å². The number of hydrogen-bond acceptors (Lipinski definition) is 2. The highest BCUT2D eigenvalue weighted by Crippen LogP contribution is 2.47. The van der Waals surface area contributed by atoms with Crippen LogP contribution in [0.2, 0.25) is 0 Å². The third-order valence-electron chi connectivity index (χ3n) is 3.81. The predicted octanol–water partition coefficient (Wildman–Crippen LogP) is 6.32. The van der Waals surface area contributed by atoms with Crippen LogP contribution < -0.4 is 14.7 Å². The van der Waals surface area contributed by atoms with Crippen molar-refractivity contribution in [1.82, 2.24) is 0 Å². The molecule has 0 heterocycles. The van der Waals surface area contributed by atoms with Crippen molar-refractivity contribution < 1.29 is 9.09 Å². The van der Waals surface area contributed by atoms with E-state index in [-0.39, 0.29) is 0 Å². The van der Waals surface area contributed by atoms with Gasteiger partial charge in [-0.05, 0) is 73.9 Å². The van der Waals surface area contributed by atoms with Gasteiger partial charge >= 0.3 is 7.67 Å². The maximum Gasteiger partial charge on any atom is 0.444 e. The maximum atomic E-state index is 13.6. The van der Waals surface area contributed by atoms with Crippen molar-refractivity contribution in [3.63, 3.8) is 0 Å². The Morgan fingerprint density at radius 2 is 1.15 bits per heavy atom. The summed E-state index contributed by atoms with van der Waals surface area (Å²) in [6.07, 6.45) is 0. The van der Waals surface area contributed by atoms with Gasteiger partial charge < -0.3 is 4.52 Å². The van der Waals surface area contributed by atoms with E-state index in [0.29, 0.717) is 5.75 Å². The molecule has 0 saturated carbocycles. The SMILES string of the molecule is Cc1cccc(NP(=O)(Nc2cccc(C)c2)Oc2cccc(C)c2)c1. The Labute approximate surface area is 154 Å². The van der Waals surface area contributed by atoms with Gasteiger partial charge in [-0.3, -0.25) is 10.2 Å². The van der Waals surface area contributed by atoms with E-state index < -0.39 is 7.67 Å². The fourth-order valence-corrected chi connectivity index (χ4v) is 4.18. The number of benzene rings is 3. The number of rotatable bonds is 6. The summed E-state index contributed by atoms with van der Waals surface area (Å²) in [5.74, 6) is 0.550. The van der Waals surface area contributed by atoms with Crippen molar-refractivity contribution in [2.45, 2.75) is 20.8 Å². The minimum atomic E-state index is -3.44. The molecule has 0 aliphatic carbocycles. The van der Waals surface area contributed by atoms with Crippen LogP contribution in [-0.2, 0) is 4.57 Å². The summed E-state index contributed by atoms with van der Waals surface area (Å²) >= 11 is 0. The van der Waals surface area contributed by atoms with Gasteiger partial charge in [-0.15, -0.1) is 0 Å². The molecule has 4 nitrogen and oxygen atoms in total. The highest BCUT2D eigenvalue weighted by atomic mass is 31.2. The summed E-state index contributed by atoms with van der Waals surface area (Å²) in [5, 5.41) is 6.11. The smallest absolute Gasteiger partial charge is 0.414 e. The standard InChI is InChI=1S/C21H23N2O2P/c1-16-7-4-10-19(13-16)22-26(24,23-20-11-5-8-17(2)14-20)25-21-12-6-9-18(3)15-21/h4-15H,1-3H3,(H2,22,23,24). The first kappa shape index (κ1) is 18.1. The normalized spacial score (nSPS) is 11.0. The Kier molecular flexibility index (Phi) is 5.34. The Balaban J connectivity index is 1.92. The molecule has 3 aromatic rings. The van der Waals surface area contributed by atoms with E-state index >= 15 is 0 Å². The molecular weight excluding hydrogens is 343 g/mol. The lowest BCUT2D eigenvalue weighted by Gasteiger charge is -2.23. The first-order valence-corrected chi connectivity index (χ1v) is 10.1. The minimum absolute atomic E-state index is 0.550. The molecule has 0 unspecified atom stereocenters. The molecule has 134 valence electrons. The van der Waals surface area contributed by atoms with Crippen LogP contribution in [0.4, 0.5) is 11.4 Å². The highest BCUT2D eigenvalue weighted by molar-refractivity contribution is 7.62. The monoisotopic (exact) mass is 366 g/mol. The van der Waals surface area contributed by atoms with Gasteiger partial charge in [0.05, 0.1) is 0 Å². The van der Waals surface area contributed by atoms with Gasteiger partial charge in [0.25, 0.3) is 0 Å². The molecule has 0 atom stereocenters. The lowest BCUT2D eigenvalue weighted by atomic mass is 10.2. The summed E-state index contributed by atoms with van der Waals surface area (Å²) < 4.78 is 19.5. The van der Waals surface area contributed by atoms with Crippen LogP contribution in [0.15, 0.2) is 72.8 Å². The van der Waals surface area contributed by atoms with Crippen molar-refractivity contribution >= 4 is 19.0 Å². The Bertz CT molecular complexity index is 834. The van der Waals surface area contributed by atoms with Crippen molar-refractivity contribution in [2.75, 3.05) is 10.2 Å². The molecule has 5 heteroatoms. The largest absolute Gasteiger partial charge is 0.444 e. The van der Waals surface area contributed by atoms with Gasteiger partial charge in [0, 0.05) is 11.4 Å². The average Bonchev–Trinajstić information content (AvgIpc) is 2.54. The molecule has 26 heavy (non-hydrogen) atoms. The highest BCUT2D eigenvalue weighted by Gasteiger charge is 2.25. The zero-order chi connectivity index (χ0) is 18.6. The molecule has 3 rings (SSSR count). The summed E-state index contributed by atoms with van der Waals surface area (Å²) in [6, 6.07) is 23.0. The van der Waals surface area contributed by atoms with Gasteiger partial charge in [-0.1, -0.05) is 36.4 Å². The number of aryl methyl sites for hydroxylation is 3. The topological polar surface area (TPSA) is 50.4 Å². The van der Waals surface area contributed by atoms with E-state index in [1.807, 2.05) is 87.5 Å². The van der Waals surface area contributed by atoms with Crippen LogP contribution in [0.5, 0.6) is 5.75 Å². The second kappa shape index (κ2) is 7.67. The van der Waals surface area contributed by atoms with Crippen molar-refractivity contribution in [2.24, 2.45) is 0 Å². The maximum absolute atomic E-state index is 13.6. The van der Waals surface area contributed by atoms with Gasteiger partial charge in [-0.25, -0.2) is 4.57 Å². The van der Waals surface area contributed by atoms with Crippen LogP contribution in [0.25, 0.3) is 0 Å². The van der Waals surface area contributed by atoms with Gasteiger partial charge in [-0.2, -0.15) is 0 Å². The third kappa shape index (κ3) is 4.90. The zero-order valence-electron chi connectivity index (χ0n) is 15.2. The van der Waals surface area contributed by atoms with E-state index in [9.17, 15) is 4.57 Å². The fraction of sp³-hybridized carbons (Fsp3) is 0.143. The van der Waals surface area contributed by atoms with Crippen molar-refractivity contribution in [3.05, 3.63) is 89.5 Å². The van der Waals surface area contributed by atoms with Crippen LogP contribution in [0.3, 0.4) is 0 Å². The molecule has 0 spiro atoms. The molecule has 0 aliphatic heterocycles. The summed E-state index contributed by atoms with van der Waals surface area (Å²) in [5.41, 5.74) is 4.67. The Hall–Kier alpha value is -2.71. The molecule has 0 aliphatic rings. The van der Waals surface area contributed by atoms with Crippen LogP contribution in [0, 0.1) is 20.8 Å². The first-order chi connectivity index (χ1) is 12.4. The Morgan fingerprint density at radius 1 is 0.692 bits per heavy atom. The zero-order valence-corrected chi connectivity index (χ0v) is 16.1. The van der Waals surface area contributed by atoms with Crippen LogP contribution in [-0.4, -0.2) is 0 Å². The molecule has 2 N–H and O–H groups in total. The van der Waals surface area contributed by atoms with Gasteiger partial charge in [0.2, 0.25) is 0 Å². The lowest BCUT2D eigenvalue weighted by Crippen LogP contribution is -2.12. The van der Waals surface area contributed by atoms with E-state index in [1.165, 1.54) is 0 Å². The molecule has 0 radical (unpaired) electrons. The van der Waals surface area contributed by atoms with Crippen molar-refractivity contribution in [3.8, 4) is 5.75 Å². The molecular formula is C21H23N2O2P. The number of hydrogen-bond donors (Lipinski definition) is 2. The minimum Gasteiger partial charge on any atom is -0.414 e. The molecule has 0 bridgehead atoms. The molecule has 0 saturated heterocycles.